The summed E-state index contributed by atoms with van der Waals surface area (Å²) in [5.41, 5.74) is 0. The first-order valence-electron chi connectivity index (χ1n) is 36.0. The van der Waals surface area contributed by atoms with Crippen LogP contribution in [0.15, 0.2) is 36.5 Å². The van der Waals surface area contributed by atoms with E-state index in [0.29, 0.717) is 19.3 Å². The van der Waals surface area contributed by atoms with E-state index in [4.69, 9.17) is 14.2 Å². The lowest BCUT2D eigenvalue weighted by atomic mass is 10.0. The Morgan fingerprint density at radius 3 is 0.762 bits per heavy atom. The molecule has 0 saturated carbocycles. The number of esters is 3. The summed E-state index contributed by atoms with van der Waals surface area (Å²) < 4.78 is 17.0. The van der Waals surface area contributed by atoms with Crippen molar-refractivity contribution < 1.29 is 28.6 Å². The minimum Gasteiger partial charge on any atom is -0.462 e. The predicted octanol–water partition coefficient (Wildman–Crippen LogP) is 24.7. The molecule has 6 nitrogen and oxygen atoms in total. The van der Waals surface area contributed by atoms with Gasteiger partial charge in [-0.1, -0.05) is 365 Å². The van der Waals surface area contributed by atoms with Crippen molar-refractivity contribution in [3.8, 4) is 0 Å². The second-order valence-corrected chi connectivity index (χ2v) is 24.5. The SMILES string of the molecule is CC/C=C\C/C=C\C/C=C\CCCCCCCC(=O)OCC(COC(=O)CCCCCCCCCCCCCCCCCCCCCCCCCCCCCCCCC)OC(=O)CCCCCCCCCCCCCCCCCC. The average molecular weight is 1120 g/mol. The van der Waals surface area contributed by atoms with Gasteiger partial charge in [0.25, 0.3) is 0 Å². The normalized spacial score (nSPS) is 12.2. The summed E-state index contributed by atoms with van der Waals surface area (Å²) in [5, 5.41) is 0. The highest BCUT2D eigenvalue weighted by atomic mass is 16.6. The van der Waals surface area contributed by atoms with Gasteiger partial charge in [0.05, 0.1) is 0 Å². The summed E-state index contributed by atoms with van der Waals surface area (Å²) in [6.07, 6.45) is 86.2. The lowest BCUT2D eigenvalue weighted by molar-refractivity contribution is -0.167. The van der Waals surface area contributed by atoms with Crippen LogP contribution < -0.4 is 0 Å². The fourth-order valence-corrected chi connectivity index (χ4v) is 11.1. The largest absolute Gasteiger partial charge is 0.462 e. The topological polar surface area (TPSA) is 78.9 Å². The Morgan fingerprint density at radius 1 is 0.263 bits per heavy atom. The maximum atomic E-state index is 12.9. The smallest absolute Gasteiger partial charge is 0.306 e. The molecule has 0 aromatic rings. The molecule has 0 aromatic heterocycles. The number of rotatable bonds is 67. The third kappa shape index (κ3) is 66.4. The lowest BCUT2D eigenvalue weighted by Gasteiger charge is -2.18. The van der Waals surface area contributed by atoms with Crippen molar-refractivity contribution in [3.63, 3.8) is 0 Å². The van der Waals surface area contributed by atoms with E-state index < -0.39 is 6.10 Å². The Morgan fingerprint density at radius 2 is 0.487 bits per heavy atom. The van der Waals surface area contributed by atoms with E-state index in [-0.39, 0.29) is 31.1 Å². The molecule has 0 aliphatic carbocycles. The van der Waals surface area contributed by atoms with Crippen LogP contribution in [0.4, 0.5) is 0 Å². The van der Waals surface area contributed by atoms with Crippen molar-refractivity contribution in [2.45, 2.75) is 406 Å². The number of hydrogen-bond donors (Lipinski definition) is 0. The zero-order chi connectivity index (χ0) is 57.8. The van der Waals surface area contributed by atoms with E-state index in [1.165, 1.54) is 263 Å². The van der Waals surface area contributed by atoms with Gasteiger partial charge in [-0.05, 0) is 51.4 Å². The van der Waals surface area contributed by atoms with Crippen molar-refractivity contribution in [3.05, 3.63) is 36.5 Å². The molecule has 0 saturated heterocycles. The molecular weight excluding hydrogens is 985 g/mol. The number of carbonyl (C=O) groups is 3. The molecule has 0 aromatic carbocycles. The number of unbranched alkanes of at least 4 members (excludes halogenated alkanes) is 50. The molecule has 0 spiro atoms. The fraction of sp³-hybridized carbons (Fsp3) is 0.878. The van der Waals surface area contributed by atoms with E-state index >= 15 is 0 Å². The van der Waals surface area contributed by atoms with Crippen molar-refractivity contribution in [1.82, 2.24) is 0 Å². The van der Waals surface area contributed by atoms with Crippen molar-refractivity contribution >= 4 is 17.9 Å². The van der Waals surface area contributed by atoms with Crippen LogP contribution in [0.1, 0.15) is 400 Å². The standard InChI is InChI=1S/C74H138O6/c1-4-7-10-13-16-19-22-25-28-30-31-32-33-34-35-36-37-38-39-40-41-42-43-44-47-49-52-55-58-61-64-67-73(76)79-70-71(69-78-72(75)66-63-60-57-54-51-48-45-27-24-21-18-15-12-9-6-3)80-74(77)68-65-62-59-56-53-50-46-29-26-23-20-17-14-11-8-5-2/h9,12,18,21,27,45,71H,4-8,10-11,13-17,19-20,22-26,28-44,46-70H2,1-3H3/b12-9-,21-18-,45-27-. The van der Waals surface area contributed by atoms with Gasteiger partial charge in [0.2, 0.25) is 0 Å². The van der Waals surface area contributed by atoms with Crippen LogP contribution >= 0.6 is 0 Å². The van der Waals surface area contributed by atoms with E-state index in [1.54, 1.807) is 0 Å². The lowest BCUT2D eigenvalue weighted by Crippen LogP contribution is -2.30. The van der Waals surface area contributed by atoms with Crippen LogP contribution in [0.3, 0.4) is 0 Å². The summed E-state index contributed by atoms with van der Waals surface area (Å²) in [5.74, 6) is -0.860. The Hall–Kier alpha value is -2.37. The van der Waals surface area contributed by atoms with Gasteiger partial charge in [-0.15, -0.1) is 0 Å². The van der Waals surface area contributed by atoms with Gasteiger partial charge in [0, 0.05) is 19.3 Å². The predicted molar refractivity (Wildman–Crippen MR) is 349 cm³/mol. The minimum atomic E-state index is -0.777. The quantitative estimate of drug-likeness (QED) is 0.0261. The molecule has 80 heavy (non-hydrogen) atoms. The highest BCUT2D eigenvalue weighted by molar-refractivity contribution is 5.71. The van der Waals surface area contributed by atoms with Gasteiger partial charge in [-0.2, -0.15) is 0 Å². The number of ether oxygens (including phenoxy) is 3. The molecule has 0 aliphatic heterocycles. The summed E-state index contributed by atoms with van der Waals surface area (Å²) in [6, 6.07) is 0. The number of allylic oxidation sites excluding steroid dienone is 6. The maximum absolute atomic E-state index is 12.9. The average Bonchev–Trinajstić information content (AvgIpc) is 3.46. The van der Waals surface area contributed by atoms with E-state index in [2.05, 4.69) is 57.2 Å². The molecule has 0 rings (SSSR count). The molecule has 0 aliphatic rings. The van der Waals surface area contributed by atoms with Crippen LogP contribution in [0.25, 0.3) is 0 Å². The third-order valence-corrected chi connectivity index (χ3v) is 16.4. The Labute approximate surface area is 499 Å². The first-order chi connectivity index (χ1) is 39.5. The zero-order valence-electron chi connectivity index (χ0n) is 54.1. The van der Waals surface area contributed by atoms with Crippen LogP contribution in [-0.2, 0) is 28.6 Å². The van der Waals surface area contributed by atoms with E-state index in [0.717, 1.165) is 96.3 Å². The van der Waals surface area contributed by atoms with E-state index in [9.17, 15) is 14.4 Å². The van der Waals surface area contributed by atoms with Crippen molar-refractivity contribution in [2.75, 3.05) is 13.2 Å². The van der Waals surface area contributed by atoms with E-state index in [1.807, 2.05) is 0 Å². The Balaban J connectivity index is 4.14. The van der Waals surface area contributed by atoms with Gasteiger partial charge < -0.3 is 14.2 Å². The van der Waals surface area contributed by atoms with Crippen LogP contribution in [0.5, 0.6) is 0 Å². The van der Waals surface area contributed by atoms with Crippen molar-refractivity contribution in [2.24, 2.45) is 0 Å². The first kappa shape index (κ1) is 77.6. The molecule has 0 amide bonds. The number of hydrogen-bond acceptors (Lipinski definition) is 6. The summed E-state index contributed by atoms with van der Waals surface area (Å²) in [4.78, 5) is 38.4. The molecular formula is C74H138O6. The third-order valence-electron chi connectivity index (χ3n) is 16.4. The van der Waals surface area contributed by atoms with Crippen LogP contribution in [-0.4, -0.2) is 37.2 Å². The van der Waals surface area contributed by atoms with Gasteiger partial charge >= 0.3 is 17.9 Å². The fourth-order valence-electron chi connectivity index (χ4n) is 11.1. The molecule has 1 atom stereocenters. The minimum absolute atomic E-state index is 0.0720. The highest BCUT2D eigenvalue weighted by Crippen LogP contribution is 2.19. The van der Waals surface area contributed by atoms with Gasteiger partial charge in [0.1, 0.15) is 13.2 Å². The van der Waals surface area contributed by atoms with Gasteiger partial charge in [0.15, 0.2) is 6.10 Å². The summed E-state index contributed by atoms with van der Waals surface area (Å²) in [7, 11) is 0. The van der Waals surface area contributed by atoms with Gasteiger partial charge in [-0.3, -0.25) is 14.4 Å². The molecule has 0 fully saturated rings. The first-order valence-corrected chi connectivity index (χ1v) is 36.0. The molecule has 6 heteroatoms. The molecule has 1 unspecified atom stereocenters. The Bertz CT molecular complexity index is 1340. The molecule has 0 heterocycles. The Kier molecular flexibility index (Phi) is 67.1. The monoisotopic (exact) mass is 1120 g/mol. The highest BCUT2D eigenvalue weighted by Gasteiger charge is 2.19. The number of carbonyl (C=O) groups excluding carboxylic acids is 3. The van der Waals surface area contributed by atoms with Crippen LogP contribution in [0, 0.1) is 0 Å². The van der Waals surface area contributed by atoms with Crippen LogP contribution in [0.2, 0.25) is 0 Å². The second kappa shape index (κ2) is 69.1. The second-order valence-electron chi connectivity index (χ2n) is 24.5. The summed E-state index contributed by atoms with van der Waals surface area (Å²) >= 11 is 0. The molecule has 0 N–H and O–H groups in total. The van der Waals surface area contributed by atoms with Gasteiger partial charge in [-0.25, -0.2) is 0 Å². The van der Waals surface area contributed by atoms with Crippen molar-refractivity contribution in [1.29, 1.82) is 0 Å². The molecule has 470 valence electrons. The summed E-state index contributed by atoms with van der Waals surface area (Å²) in [6.45, 7) is 6.59. The maximum Gasteiger partial charge on any atom is 0.306 e. The molecule has 0 bridgehead atoms. The zero-order valence-corrected chi connectivity index (χ0v) is 54.1. The molecule has 0 radical (unpaired) electrons.